The normalized spacial score (nSPS) is 43.5. The van der Waals surface area contributed by atoms with Crippen LogP contribution in [0.15, 0.2) is 12.2 Å². The van der Waals surface area contributed by atoms with Crippen molar-refractivity contribution in [2.45, 2.75) is 70.0 Å². The van der Waals surface area contributed by atoms with Gasteiger partial charge in [-0.3, -0.25) is 9.59 Å². The van der Waals surface area contributed by atoms with Gasteiger partial charge in [-0.1, -0.05) is 6.58 Å². The van der Waals surface area contributed by atoms with Crippen LogP contribution in [-0.4, -0.2) is 30.1 Å². The van der Waals surface area contributed by atoms with Crippen molar-refractivity contribution in [1.82, 2.24) is 0 Å². The first-order chi connectivity index (χ1) is 11.5. The molecule has 5 aliphatic rings. The van der Waals surface area contributed by atoms with Crippen molar-refractivity contribution >= 4 is 11.8 Å². The van der Waals surface area contributed by atoms with Gasteiger partial charge in [0.25, 0.3) is 0 Å². The second-order valence-electron chi connectivity index (χ2n) is 8.62. The Morgan fingerprint density at radius 3 is 2.38 bits per heavy atom. The van der Waals surface area contributed by atoms with Crippen LogP contribution in [0.25, 0.3) is 0 Å². The van der Waals surface area contributed by atoms with Gasteiger partial charge >= 0.3 is 5.97 Å². The van der Waals surface area contributed by atoms with Gasteiger partial charge < -0.3 is 9.47 Å². The van der Waals surface area contributed by atoms with E-state index in [0.717, 1.165) is 11.8 Å². The Morgan fingerprint density at radius 1 is 1.21 bits per heavy atom. The SMILES string of the molecule is C=C1COC(CCCC(=O)OC2(C)C3CC4CC(C3)CC2C4)C1=O. The number of rotatable bonds is 5. The van der Waals surface area contributed by atoms with E-state index < -0.39 is 6.10 Å². The fourth-order valence-electron chi connectivity index (χ4n) is 5.80. The van der Waals surface area contributed by atoms with E-state index in [1.807, 2.05) is 0 Å². The first kappa shape index (κ1) is 16.3. The van der Waals surface area contributed by atoms with Crippen LogP contribution >= 0.6 is 0 Å². The molecule has 0 aromatic heterocycles. The Morgan fingerprint density at radius 2 is 1.83 bits per heavy atom. The molecule has 4 nitrogen and oxygen atoms in total. The van der Waals surface area contributed by atoms with Crippen molar-refractivity contribution in [3.05, 3.63) is 12.2 Å². The summed E-state index contributed by atoms with van der Waals surface area (Å²) in [7, 11) is 0. The van der Waals surface area contributed by atoms with Crippen LogP contribution < -0.4 is 0 Å². The van der Waals surface area contributed by atoms with E-state index in [-0.39, 0.29) is 17.4 Å². The average Bonchev–Trinajstić information content (AvgIpc) is 2.84. The van der Waals surface area contributed by atoms with Crippen molar-refractivity contribution in [3.63, 3.8) is 0 Å². The maximum absolute atomic E-state index is 12.4. The van der Waals surface area contributed by atoms with Crippen LogP contribution in [0.1, 0.15) is 58.3 Å². The maximum Gasteiger partial charge on any atom is 0.306 e. The van der Waals surface area contributed by atoms with Gasteiger partial charge in [-0.05, 0) is 75.5 Å². The minimum absolute atomic E-state index is 0.00336. The molecule has 0 spiro atoms. The summed E-state index contributed by atoms with van der Waals surface area (Å²) in [5.41, 5.74) is 0.294. The molecule has 0 aromatic rings. The molecule has 0 radical (unpaired) electrons. The second kappa shape index (κ2) is 5.98. The van der Waals surface area contributed by atoms with E-state index >= 15 is 0 Å². The van der Waals surface area contributed by atoms with Crippen molar-refractivity contribution in [2.24, 2.45) is 23.7 Å². The minimum atomic E-state index is -0.401. The molecule has 0 aromatic carbocycles. The van der Waals surface area contributed by atoms with Gasteiger partial charge in [0.1, 0.15) is 11.7 Å². The third-order valence-corrected chi connectivity index (χ3v) is 7.04. The fourth-order valence-corrected chi connectivity index (χ4v) is 5.80. The molecule has 1 heterocycles. The van der Waals surface area contributed by atoms with Crippen molar-refractivity contribution in [3.8, 4) is 0 Å². The molecule has 4 bridgehead atoms. The number of hydrogen-bond donors (Lipinski definition) is 0. The molecule has 5 rings (SSSR count). The lowest BCUT2D eigenvalue weighted by Crippen LogP contribution is -2.57. The van der Waals surface area contributed by atoms with Crippen LogP contribution in [-0.2, 0) is 19.1 Å². The highest BCUT2D eigenvalue weighted by atomic mass is 16.6. The Kier molecular flexibility index (Phi) is 4.06. The molecule has 4 saturated carbocycles. The fraction of sp³-hybridized carbons (Fsp3) is 0.800. The van der Waals surface area contributed by atoms with Gasteiger partial charge in [-0.25, -0.2) is 0 Å². The van der Waals surface area contributed by atoms with Crippen molar-refractivity contribution < 1.29 is 19.1 Å². The summed E-state index contributed by atoms with van der Waals surface area (Å²) in [6.07, 6.45) is 7.56. The molecule has 1 saturated heterocycles. The molecule has 5 fully saturated rings. The predicted octanol–water partition coefficient (Wildman–Crippen LogP) is 3.44. The summed E-state index contributed by atoms with van der Waals surface area (Å²) in [4.78, 5) is 24.2. The Labute approximate surface area is 144 Å². The van der Waals surface area contributed by atoms with Gasteiger partial charge in [-0.15, -0.1) is 0 Å². The zero-order chi connectivity index (χ0) is 16.9. The van der Waals surface area contributed by atoms with Gasteiger partial charge in [-0.2, -0.15) is 0 Å². The van der Waals surface area contributed by atoms with Gasteiger partial charge in [0.2, 0.25) is 0 Å². The van der Waals surface area contributed by atoms with E-state index in [2.05, 4.69) is 13.5 Å². The topological polar surface area (TPSA) is 52.6 Å². The zero-order valence-electron chi connectivity index (χ0n) is 14.6. The first-order valence-corrected chi connectivity index (χ1v) is 9.51. The Bertz CT molecular complexity index is 536. The standard InChI is InChI=1S/C20H28O4/c1-12-11-23-17(19(12)22)4-3-5-18(21)24-20(2)15-7-13-6-14(9-15)10-16(20)8-13/h13-17H,1,3-11H2,2H3. The highest BCUT2D eigenvalue weighted by Crippen LogP contribution is 2.59. The molecule has 1 atom stereocenters. The zero-order valence-corrected chi connectivity index (χ0v) is 14.6. The van der Waals surface area contributed by atoms with Crippen LogP contribution in [0.5, 0.6) is 0 Å². The molecule has 1 unspecified atom stereocenters. The third-order valence-electron chi connectivity index (χ3n) is 7.04. The maximum atomic E-state index is 12.4. The number of Topliss-reactive ketones (excluding diaryl/α,β-unsaturated/α-hetero) is 1. The summed E-state index contributed by atoms with van der Waals surface area (Å²) in [5.74, 6) is 2.75. The second-order valence-corrected chi connectivity index (χ2v) is 8.62. The minimum Gasteiger partial charge on any atom is -0.459 e. The van der Waals surface area contributed by atoms with Crippen molar-refractivity contribution in [1.29, 1.82) is 0 Å². The van der Waals surface area contributed by atoms with Gasteiger partial charge in [0.15, 0.2) is 5.78 Å². The number of ketones is 1. The highest BCUT2D eigenvalue weighted by molar-refractivity contribution is 6.00. The van der Waals surface area contributed by atoms with E-state index in [1.165, 1.54) is 32.1 Å². The highest BCUT2D eigenvalue weighted by Gasteiger charge is 2.56. The quantitative estimate of drug-likeness (QED) is 0.572. The number of ether oxygens (including phenoxy) is 2. The summed E-state index contributed by atoms with van der Waals surface area (Å²) in [5, 5.41) is 0. The summed E-state index contributed by atoms with van der Waals surface area (Å²) in [6, 6.07) is 0. The monoisotopic (exact) mass is 332 g/mol. The average molecular weight is 332 g/mol. The third kappa shape index (κ3) is 2.73. The predicted molar refractivity (Wildman–Crippen MR) is 89.3 cm³/mol. The van der Waals surface area contributed by atoms with E-state index in [4.69, 9.17) is 9.47 Å². The van der Waals surface area contributed by atoms with E-state index in [0.29, 0.717) is 43.3 Å². The Balaban J connectivity index is 1.28. The molecular weight excluding hydrogens is 304 g/mol. The Hall–Kier alpha value is -1.16. The van der Waals surface area contributed by atoms with Gasteiger partial charge in [0.05, 0.1) is 6.61 Å². The number of esters is 1. The van der Waals surface area contributed by atoms with E-state index in [9.17, 15) is 9.59 Å². The first-order valence-electron chi connectivity index (χ1n) is 9.51. The summed E-state index contributed by atoms with van der Waals surface area (Å²) < 4.78 is 11.5. The molecule has 24 heavy (non-hydrogen) atoms. The lowest BCUT2D eigenvalue weighted by Gasteiger charge is -2.59. The van der Waals surface area contributed by atoms with Crippen LogP contribution in [0.4, 0.5) is 0 Å². The lowest BCUT2D eigenvalue weighted by atomic mass is 9.50. The van der Waals surface area contributed by atoms with Crippen LogP contribution in [0, 0.1) is 23.7 Å². The number of carbonyl (C=O) groups is 2. The van der Waals surface area contributed by atoms with E-state index in [1.54, 1.807) is 0 Å². The number of carbonyl (C=O) groups excluding carboxylic acids is 2. The number of hydrogen-bond acceptors (Lipinski definition) is 4. The molecule has 1 aliphatic heterocycles. The molecule has 4 aliphatic carbocycles. The van der Waals surface area contributed by atoms with Crippen LogP contribution in [0.3, 0.4) is 0 Å². The van der Waals surface area contributed by atoms with Gasteiger partial charge in [0, 0.05) is 12.0 Å². The molecule has 0 amide bonds. The summed E-state index contributed by atoms with van der Waals surface area (Å²) >= 11 is 0. The smallest absolute Gasteiger partial charge is 0.306 e. The molecule has 4 heteroatoms. The summed E-state index contributed by atoms with van der Waals surface area (Å²) in [6.45, 7) is 6.19. The van der Waals surface area contributed by atoms with Crippen molar-refractivity contribution in [2.75, 3.05) is 6.61 Å². The molecule has 0 N–H and O–H groups in total. The largest absolute Gasteiger partial charge is 0.459 e. The lowest BCUT2D eigenvalue weighted by molar-refractivity contribution is -0.203. The molecular formula is C20H28O4. The molecule has 132 valence electrons. The van der Waals surface area contributed by atoms with Crippen LogP contribution in [0.2, 0.25) is 0 Å².